The molecule has 1 aliphatic carbocycles. The summed E-state index contributed by atoms with van der Waals surface area (Å²) in [4.78, 5) is 25.0. The van der Waals surface area contributed by atoms with Gasteiger partial charge in [-0.1, -0.05) is 31.0 Å². The number of nitrogens with zero attached hydrogens (tertiary/aromatic N) is 4. The van der Waals surface area contributed by atoms with Gasteiger partial charge in [-0.2, -0.15) is 5.09 Å². The molecule has 2 aliphatic rings. The lowest BCUT2D eigenvalue weighted by Gasteiger charge is -2.25. The fraction of sp³-hybridized carbons (Fsp3) is 0.538. The van der Waals surface area contributed by atoms with E-state index in [9.17, 15) is 14.5 Å². The molecule has 222 valence electrons. The third kappa shape index (κ3) is 6.21. The number of alkyl halides is 1. The van der Waals surface area contributed by atoms with Crippen LogP contribution in [0.15, 0.2) is 43.0 Å². The second-order valence-electron chi connectivity index (χ2n) is 10.4. The molecule has 15 heteroatoms. The molecule has 1 saturated carbocycles. The first-order valence-corrected chi connectivity index (χ1v) is 15.0. The van der Waals surface area contributed by atoms with Crippen LogP contribution in [0.4, 0.5) is 10.2 Å². The molecule has 3 N–H and O–H groups in total. The summed E-state index contributed by atoms with van der Waals surface area (Å²) in [5.74, 6) is 0.0484. The first-order valence-electron chi connectivity index (χ1n) is 13.4. The summed E-state index contributed by atoms with van der Waals surface area (Å²) in [5.41, 5.74) is -1.52. The fourth-order valence-electron chi connectivity index (χ4n) is 5.09. The molecule has 0 radical (unpaired) electrons. The summed E-state index contributed by atoms with van der Waals surface area (Å²) in [6.07, 6.45) is 2.82. The number of halogens is 1. The minimum absolute atomic E-state index is 0.202. The topological polar surface area (TPSA) is 159 Å². The van der Waals surface area contributed by atoms with Gasteiger partial charge in [0.15, 0.2) is 28.9 Å². The van der Waals surface area contributed by atoms with Gasteiger partial charge in [-0.15, -0.1) is 0 Å². The van der Waals surface area contributed by atoms with Crippen molar-refractivity contribution in [3.05, 3.63) is 43.0 Å². The normalized spacial score (nSPS) is 27.0. The zero-order valence-corrected chi connectivity index (χ0v) is 23.9. The molecule has 6 atom stereocenters. The molecule has 1 aromatic carbocycles. The number of carbonyl (C=O) groups excluding carboxylic acids is 1. The van der Waals surface area contributed by atoms with Crippen molar-refractivity contribution in [2.24, 2.45) is 0 Å². The largest absolute Gasteiger partial charge is 0.468 e. The lowest BCUT2D eigenvalue weighted by atomic mass is 9.98. The van der Waals surface area contributed by atoms with E-state index >= 15 is 4.39 Å². The van der Waals surface area contributed by atoms with Gasteiger partial charge in [0.1, 0.15) is 30.3 Å². The van der Waals surface area contributed by atoms with E-state index in [1.807, 2.05) is 0 Å². The molecule has 0 unspecified atom stereocenters. The first kappa shape index (κ1) is 29.3. The summed E-state index contributed by atoms with van der Waals surface area (Å²) in [6, 6.07) is 7.40. The third-order valence-electron chi connectivity index (χ3n) is 7.31. The Balaban J connectivity index is 1.34. The van der Waals surface area contributed by atoms with Crippen LogP contribution in [0.5, 0.6) is 5.75 Å². The molecule has 1 saturated heterocycles. The number of para-hydroxylation sites is 1. The number of imidazole rings is 1. The molecule has 1 aliphatic heterocycles. The number of nitrogens with one attached hydrogen (secondary N) is 2. The predicted molar refractivity (Wildman–Crippen MR) is 146 cm³/mol. The van der Waals surface area contributed by atoms with Crippen LogP contribution in [0.25, 0.3) is 11.2 Å². The Labute approximate surface area is 236 Å². The summed E-state index contributed by atoms with van der Waals surface area (Å²) in [7, 11) is -3.05. The molecule has 5 rings (SSSR count). The van der Waals surface area contributed by atoms with Crippen molar-refractivity contribution >= 4 is 30.7 Å². The third-order valence-corrected chi connectivity index (χ3v) is 8.95. The van der Waals surface area contributed by atoms with Gasteiger partial charge in [0.2, 0.25) is 0 Å². The van der Waals surface area contributed by atoms with E-state index in [-0.39, 0.29) is 11.8 Å². The van der Waals surface area contributed by atoms with E-state index in [1.54, 1.807) is 30.3 Å². The number of esters is 1. The lowest BCUT2D eigenvalue weighted by Crippen LogP contribution is -2.41. The summed E-state index contributed by atoms with van der Waals surface area (Å²) in [6.45, 7) is 2.09. The maximum Gasteiger partial charge on any atom is 0.459 e. The van der Waals surface area contributed by atoms with Crippen molar-refractivity contribution in [1.82, 2.24) is 24.6 Å². The van der Waals surface area contributed by atoms with Gasteiger partial charge >= 0.3 is 13.7 Å². The zero-order chi connectivity index (χ0) is 29.2. The minimum Gasteiger partial charge on any atom is -0.468 e. The van der Waals surface area contributed by atoms with Crippen LogP contribution >= 0.6 is 7.75 Å². The van der Waals surface area contributed by atoms with E-state index in [1.165, 1.54) is 38.2 Å². The van der Waals surface area contributed by atoms with Gasteiger partial charge in [-0.3, -0.25) is 13.9 Å². The Bertz CT molecular complexity index is 1400. The number of methoxy groups -OCH3 is 1. The van der Waals surface area contributed by atoms with E-state index in [2.05, 4.69) is 25.4 Å². The molecule has 0 spiro atoms. The van der Waals surface area contributed by atoms with Crippen LogP contribution in [0.2, 0.25) is 0 Å². The molecule has 0 bridgehead atoms. The summed E-state index contributed by atoms with van der Waals surface area (Å²) in [5, 5.41) is 16.8. The fourth-order valence-corrected chi connectivity index (χ4v) is 6.59. The maximum atomic E-state index is 16.1. The second-order valence-corrected chi connectivity index (χ2v) is 12.1. The van der Waals surface area contributed by atoms with Gasteiger partial charge in [0.05, 0.1) is 20.0 Å². The predicted octanol–water partition coefficient (Wildman–Crippen LogP) is 3.52. The first-order chi connectivity index (χ1) is 19.6. The number of aliphatic hydroxyl groups excluding tert-OH is 1. The van der Waals surface area contributed by atoms with Crippen LogP contribution < -0.4 is 14.9 Å². The van der Waals surface area contributed by atoms with Gasteiger partial charge in [0.25, 0.3) is 0 Å². The number of anilines is 1. The van der Waals surface area contributed by atoms with Crippen molar-refractivity contribution in [2.75, 3.05) is 19.0 Å². The Morgan fingerprint density at radius 3 is 2.71 bits per heavy atom. The Morgan fingerprint density at radius 1 is 1.27 bits per heavy atom. The number of fused-ring (bicyclic) bond motifs is 1. The number of hydrogen-bond acceptors (Lipinski definition) is 11. The minimum atomic E-state index is -4.24. The highest BCUT2D eigenvalue weighted by Crippen LogP contribution is 2.48. The van der Waals surface area contributed by atoms with Crippen LogP contribution in [0, 0.1) is 0 Å². The molecular weight excluding hydrogens is 558 g/mol. The summed E-state index contributed by atoms with van der Waals surface area (Å²) >= 11 is 0. The molecule has 0 amide bonds. The highest BCUT2D eigenvalue weighted by molar-refractivity contribution is 7.52. The number of hydrogen-bond donors (Lipinski definition) is 3. The van der Waals surface area contributed by atoms with Crippen LogP contribution in [0.1, 0.15) is 45.8 Å². The maximum absolute atomic E-state index is 16.1. The highest BCUT2D eigenvalue weighted by Gasteiger charge is 2.56. The van der Waals surface area contributed by atoms with Crippen LogP contribution in [-0.2, 0) is 23.4 Å². The quantitative estimate of drug-likeness (QED) is 0.220. The second kappa shape index (κ2) is 12.0. The van der Waals surface area contributed by atoms with Crippen molar-refractivity contribution in [3.8, 4) is 5.75 Å². The van der Waals surface area contributed by atoms with E-state index in [0.717, 1.165) is 25.7 Å². The number of ether oxygens (including phenoxy) is 2. The highest BCUT2D eigenvalue weighted by atomic mass is 31.2. The molecule has 2 fully saturated rings. The number of aliphatic hydroxyl groups is 1. The Hall–Kier alpha value is -3.16. The number of carbonyl (C=O) groups is 1. The van der Waals surface area contributed by atoms with Gasteiger partial charge in [-0.05, 0) is 38.8 Å². The average Bonchev–Trinajstić information content (AvgIpc) is 3.67. The van der Waals surface area contributed by atoms with Crippen molar-refractivity contribution in [1.29, 1.82) is 0 Å². The molecule has 3 heterocycles. The Kier molecular flexibility index (Phi) is 8.57. The van der Waals surface area contributed by atoms with Crippen molar-refractivity contribution < 1.29 is 37.4 Å². The smallest absolute Gasteiger partial charge is 0.459 e. The van der Waals surface area contributed by atoms with Gasteiger partial charge < -0.3 is 24.4 Å². The molecule has 41 heavy (non-hydrogen) atoms. The molecular formula is C26H34FN6O7P. The van der Waals surface area contributed by atoms with Crippen LogP contribution in [0.3, 0.4) is 0 Å². The SMILES string of the molecule is COC(=O)[C@H](C)N[P@](=O)(OC[C@H]1O[C@@H](n2cnc3c(NC4CCCC4)ncnc32)[C@](C)(F)[C@@H]1O)Oc1ccccc1. The molecule has 2 aromatic heterocycles. The summed E-state index contributed by atoms with van der Waals surface area (Å²) < 4.78 is 52.9. The lowest BCUT2D eigenvalue weighted by molar-refractivity contribution is -0.142. The number of rotatable bonds is 11. The van der Waals surface area contributed by atoms with Crippen molar-refractivity contribution in [2.45, 2.75) is 75.7 Å². The van der Waals surface area contributed by atoms with E-state index < -0.39 is 50.5 Å². The Morgan fingerprint density at radius 2 is 2.00 bits per heavy atom. The number of aromatic nitrogens is 4. The van der Waals surface area contributed by atoms with Gasteiger partial charge in [0, 0.05) is 6.04 Å². The average molecular weight is 593 g/mol. The van der Waals surface area contributed by atoms with E-state index in [0.29, 0.717) is 17.0 Å². The van der Waals surface area contributed by atoms with Gasteiger partial charge in [-0.25, -0.2) is 23.9 Å². The van der Waals surface area contributed by atoms with Crippen molar-refractivity contribution in [3.63, 3.8) is 0 Å². The molecule has 3 aromatic rings. The van der Waals surface area contributed by atoms with E-state index in [4.69, 9.17) is 18.5 Å². The zero-order valence-electron chi connectivity index (χ0n) is 23.0. The molecule has 13 nitrogen and oxygen atoms in total. The monoisotopic (exact) mass is 592 g/mol. The van der Waals surface area contributed by atoms with Crippen LogP contribution in [-0.4, -0.2) is 74.3 Å². The number of benzene rings is 1. The standard InChI is InChI=1S/C26H34FN6O7P/c1-16(24(35)37-3)32-41(36,40-18-11-5-4-6-12-18)38-13-19-21(34)26(2,27)25(39-19)33-15-30-20-22(28-14-29-23(20)33)31-17-9-7-8-10-17/h4-6,11-12,14-17,19,21,25,34H,7-10,13H2,1-3H3,(H,32,36)(H,28,29,31)/t16-,19+,21+,25+,26+,41-/m0/s1.